The molecule has 3 rings (SSSR count). The van der Waals surface area contributed by atoms with Gasteiger partial charge in [-0.2, -0.15) is 0 Å². The van der Waals surface area contributed by atoms with Crippen molar-refractivity contribution in [2.75, 3.05) is 75.4 Å². The maximum Gasteiger partial charge on any atom is 0.503 e. The van der Waals surface area contributed by atoms with Crippen molar-refractivity contribution in [2.24, 2.45) is 22.8 Å². The predicted molar refractivity (Wildman–Crippen MR) is 197 cm³/mol. The molecule has 10 nitrogen and oxygen atoms in total. The molecule has 14 heteroatoms. The number of hydrogen-bond acceptors (Lipinski definition) is 10. The van der Waals surface area contributed by atoms with Crippen LogP contribution in [0.4, 0.5) is 0 Å². The highest BCUT2D eigenvalue weighted by Gasteiger charge is 2.56. The van der Waals surface area contributed by atoms with Crippen LogP contribution in [0.25, 0.3) is 0 Å². The number of nitrogens with zero attached hydrogens (tertiary/aromatic N) is 2. The van der Waals surface area contributed by atoms with Crippen LogP contribution in [0.2, 0.25) is 42.8 Å². The minimum absolute atomic E-state index is 0.199. The van der Waals surface area contributed by atoms with E-state index in [1.54, 1.807) is 21.3 Å². The third-order valence-corrected chi connectivity index (χ3v) is 29.0. The monoisotopic (exact) mass is 720 g/mol. The van der Waals surface area contributed by atoms with E-state index in [1.165, 1.54) is 57.5 Å². The molecule has 1 saturated carbocycles. The summed E-state index contributed by atoms with van der Waals surface area (Å²) in [5, 5.41) is 0. The first-order chi connectivity index (χ1) is 21.9. The van der Waals surface area contributed by atoms with Gasteiger partial charge in [0.05, 0.1) is 0 Å². The molecule has 5 unspecified atom stereocenters. The van der Waals surface area contributed by atoms with E-state index < -0.39 is 34.2 Å². The standard InChI is InChI=1S/C32H72N4O6Si4/c1-37-44(24-13-23-36(44)43(7,8)9)30(18-20-32(28-34)19-10-14-29(26-32)27-33)16-17-31(46(40-4,41-5)42-6)15-11-21-35-22-12-25-45(35,38-2)39-3/h29-31H,10-28,33-34H2,1-9H3. The van der Waals surface area contributed by atoms with Crippen molar-refractivity contribution in [3.8, 4) is 0 Å². The molecule has 0 bridgehead atoms. The van der Waals surface area contributed by atoms with E-state index in [1.807, 2.05) is 21.3 Å². The predicted octanol–water partition coefficient (Wildman–Crippen LogP) is 5.61. The van der Waals surface area contributed by atoms with E-state index in [9.17, 15) is 0 Å². The molecule has 0 aromatic rings. The Morgan fingerprint density at radius 3 is 2.07 bits per heavy atom. The van der Waals surface area contributed by atoms with E-state index in [2.05, 4.69) is 28.4 Å². The number of hydrogen-bond donors (Lipinski definition) is 2. The molecule has 46 heavy (non-hydrogen) atoms. The average molecular weight is 721 g/mol. The second kappa shape index (κ2) is 18.1. The fourth-order valence-corrected chi connectivity index (χ4v) is 26.1. The van der Waals surface area contributed by atoms with Gasteiger partial charge in [-0.05, 0) is 126 Å². The minimum Gasteiger partial charge on any atom is -0.406 e. The van der Waals surface area contributed by atoms with Crippen LogP contribution >= 0.6 is 0 Å². The van der Waals surface area contributed by atoms with Crippen LogP contribution in [-0.2, 0) is 26.6 Å². The maximum absolute atomic E-state index is 6.88. The van der Waals surface area contributed by atoms with E-state index in [0.29, 0.717) is 11.5 Å². The summed E-state index contributed by atoms with van der Waals surface area (Å²) in [6, 6.07) is 2.26. The van der Waals surface area contributed by atoms with Crippen LogP contribution in [-0.4, -0.2) is 118 Å². The second-order valence-electron chi connectivity index (χ2n) is 15.5. The fraction of sp³-hybridized carbons (Fsp3) is 1.00. The zero-order valence-corrected chi connectivity index (χ0v) is 35.2. The summed E-state index contributed by atoms with van der Waals surface area (Å²) in [6.45, 7) is 12.3. The molecule has 0 aromatic heterocycles. The van der Waals surface area contributed by atoms with Gasteiger partial charge < -0.3 is 42.3 Å². The van der Waals surface area contributed by atoms with Crippen LogP contribution < -0.4 is 11.5 Å². The van der Waals surface area contributed by atoms with Gasteiger partial charge in [0.15, 0.2) is 0 Å². The summed E-state index contributed by atoms with van der Waals surface area (Å²) in [5.74, 6) is 0.601. The molecule has 1 aliphatic carbocycles. The van der Waals surface area contributed by atoms with Gasteiger partial charge in [-0.1, -0.05) is 26.1 Å². The van der Waals surface area contributed by atoms with Crippen molar-refractivity contribution < 1.29 is 26.6 Å². The van der Waals surface area contributed by atoms with Crippen LogP contribution in [0.15, 0.2) is 0 Å². The summed E-state index contributed by atoms with van der Waals surface area (Å²) < 4.78 is 42.9. The van der Waals surface area contributed by atoms with Crippen molar-refractivity contribution in [1.82, 2.24) is 8.80 Å². The summed E-state index contributed by atoms with van der Waals surface area (Å²) in [7, 11) is 2.01. The van der Waals surface area contributed by atoms with Gasteiger partial charge in [0.2, 0.25) is 0 Å². The molecule has 5 atom stereocenters. The van der Waals surface area contributed by atoms with E-state index >= 15 is 0 Å². The molecular weight excluding hydrogens is 649 g/mol. The molecule has 2 saturated heterocycles. The summed E-state index contributed by atoms with van der Waals surface area (Å²) in [4.78, 5) is 0. The number of nitrogens with two attached hydrogens (primary N) is 2. The summed E-state index contributed by atoms with van der Waals surface area (Å²) in [5.41, 5.74) is 13.8. The Labute approximate surface area is 286 Å². The van der Waals surface area contributed by atoms with Crippen LogP contribution in [0.3, 0.4) is 0 Å². The van der Waals surface area contributed by atoms with Crippen molar-refractivity contribution in [3.63, 3.8) is 0 Å². The Bertz CT molecular complexity index is 891. The molecule has 0 aromatic carbocycles. The zero-order chi connectivity index (χ0) is 34.1. The Morgan fingerprint density at radius 2 is 1.50 bits per heavy atom. The Kier molecular flexibility index (Phi) is 16.1. The molecule has 3 aliphatic rings. The smallest absolute Gasteiger partial charge is 0.406 e. The van der Waals surface area contributed by atoms with Gasteiger partial charge in [-0.25, -0.2) is 0 Å². The first-order valence-corrected chi connectivity index (χ1v) is 27.5. The van der Waals surface area contributed by atoms with E-state index in [4.69, 9.17) is 38.0 Å². The lowest BCUT2D eigenvalue weighted by molar-refractivity contribution is 0.105. The lowest BCUT2D eigenvalue weighted by Gasteiger charge is -2.48. The highest BCUT2D eigenvalue weighted by molar-refractivity contribution is 6.89. The lowest BCUT2D eigenvalue weighted by Crippen LogP contribution is -2.63. The number of rotatable bonds is 21. The zero-order valence-electron chi connectivity index (χ0n) is 31.2. The van der Waals surface area contributed by atoms with E-state index in [-0.39, 0.29) is 11.0 Å². The molecule has 3 fully saturated rings. The third kappa shape index (κ3) is 9.03. The SMILES string of the molecule is CO[Si](OC)(OC)C(CCCN1CCC[Si]1(OC)OC)CCC(CCC1(CN)CCCC(CN)C1)[Si]1(OC)CCCN1[Si](C)(C)C. The summed E-state index contributed by atoms with van der Waals surface area (Å²) in [6.07, 6.45) is 13.8. The topological polar surface area (TPSA) is 114 Å². The van der Waals surface area contributed by atoms with Crippen LogP contribution in [0, 0.1) is 11.3 Å². The van der Waals surface area contributed by atoms with Crippen molar-refractivity contribution in [2.45, 2.75) is 120 Å². The molecule has 0 radical (unpaired) electrons. The van der Waals surface area contributed by atoms with Gasteiger partial charge in [0.1, 0.15) is 8.24 Å². The van der Waals surface area contributed by atoms with Gasteiger partial charge in [0.25, 0.3) is 8.48 Å². The van der Waals surface area contributed by atoms with Gasteiger partial charge in [-0.3, -0.25) is 4.57 Å². The van der Waals surface area contributed by atoms with Gasteiger partial charge in [0, 0.05) is 54.2 Å². The minimum atomic E-state index is -2.90. The quantitative estimate of drug-likeness (QED) is 0.145. The molecule has 2 aliphatic heterocycles. The lowest BCUT2D eigenvalue weighted by atomic mass is 9.67. The highest BCUT2D eigenvalue weighted by atomic mass is 28.4. The van der Waals surface area contributed by atoms with Crippen molar-refractivity contribution in [3.05, 3.63) is 0 Å². The Hall–Kier alpha value is 0.468. The van der Waals surface area contributed by atoms with Crippen LogP contribution in [0.5, 0.6) is 0 Å². The second-order valence-corrected chi connectivity index (χ2v) is 31.4. The third-order valence-electron chi connectivity index (χ3n) is 12.2. The van der Waals surface area contributed by atoms with Crippen molar-refractivity contribution in [1.29, 1.82) is 0 Å². The molecule has 0 amide bonds. The average Bonchev–Trinajstić information content (AvgIpc) is 3.71. The molecule has 4 N–H and O–H groups in total. The van der Waals surface area contributed by atoms with Gasteiger partial charge in [-0.15, -0.1) is 0 Å². The Morgan fingerprint density at radius 1 is 0.826 bits per heavy atom. The fourth-order valence-electron chi connectivity index (χ4n) is 9.72. The molecule has 0 spiro atoms. The van der Waals surface area contributed by atoms with Crippen LogP contribution in [0.1, 0.15) is 77.0 Å². The first-order valence-electron chi connectivity index (χ1n) is 18.2. The maximum atomic E-state index is 6.88. The largest absolute Gasteiger partial charge is 0.503 e. The summed E-state index contributed by atoms with van der Waals surface area (Å²) >= 11 is 0. The van der Waals surface area contributed by atoms with Gasteiger partial charge >= 0.3 is 17.5 Å². The van der Waals surface area contributed by atoms with Crippen molar-refractivity contribution >= 4 is 34.2 Å². The first kappa shape index (κ1) is 40.9. The highest BCUT2D eigenvalue weighted by Crippen LogP contribution is 2.50. The van der Waals surface area contributed by atoms with E-state index in [0.717, 1.165) is 64.3 Å². The molecular formula is C32H72N4O6Si4. The normalized spacial score (nSPS) is 29.4. The molecule has 2 heterocycles. The Balaban J connectivity index is 1.87. The molecule has 272 valence electrons.